The monoisotopic (exact) mass is 272 g/mol. The van der Waals surface area contributed by atoms with Gasteiger partial charge in [0.25, 0.3) is 0 Å². The van der Waals surface area contributed by atoms with Gasteiger partial charge in [0.1, 0.15) is 0 Å². The largest absolute Gasteiger partial charge is 0.369 e. The van der Waals surface area contributed by atoms with E-state index >= 15 is 0 Å². The molecule has 2 rings (SSSR count). The molecule has 0 aliphatic carbocycles. The Morgan fingerprint density at radius 3 is 2.65 bits per heavy atom. The average Bonchev–Trinajstić information content (AvgIpc) is 2.61. The summed E-state index contributed by atoms with van der Waals surface area (Å²) in [5.41, 5.74) is 5.75. The molecule has 6 heteroatoms. The maximum atomic E-state index is 11.8. The van der Waals surface area contributed by atoms with Gasteiger partial charge in [0, 0.05) is 18.0 Å². The van der Waals surface area contributed by atoms with Gasteiger partial charge in [-0.15, -0.1) is 0 Å². The molecule has 1 atom stereocenters. The van der Waals surface area contributed by atoms with Gasteiger partial charge in [-0.1, -0.05) is 23.2 Å². The third kappa shape index (κ3) is 2.37. The van der Waals surface area contributed by atoms with Crippen LogP contribution in [-0.4, -0.2) is 18.4 Å². The first-order valence-electron chi connectivity index (χ1n) is 5.04. The molecule has 1 fully saturated rings. The van der Waals surface area contributed by atoms with Crippen molar-refractivity contribution < 1.29 is 9.59 Å². The van der Waals surface area contributed by atoms with Crippen molar-refractivity contribution in [3.8, 4) is 0 Å². The molecule has 4 nitrogen and oxygen atoms in total. The summed E-state index contributed by atoms with van der Waals surface area (Å²) in [6, 6.07) is 4.86. The minimum atomic E-state index is -0.467. The van der Waals surface area contributed by atoms with Gasteiger partial charge >= 0.3 is 0 Å². The number of hydrogen-bond acceptors (Lipinski definition) is 2. The van der Waals surface area contributed by atoms with Crippen LogP contribution >= 0.6 is 23.2 Å². The zero-order chi connectivity index (χ0) is 12.6. The highest BCUT2D eigenvalue weighted by molar-refractivity contribution is 6.36. The van der Waals surface area contributed by atoms with Crippen LogP contribution in [0.15, 0.2) is 18.2 Å². The number of nitrogens with zero attached hydrogens (tertiary/aromatic N) is 1. The van der Waals surface area contributed by atoms with Crippen LogP contribution < -0.4 is 10.6 Å². The topological polar surface area (TPSA) is 63.4 Å². The van der Waals surface area contributed by atoms with Crippen molar-refractivity contribution >= 4 is 40.7 Å². The molecule has 2 N–H and O–H groups in total. The average molecular weight is 273 g/mol. The highest BCUT2D eigenvalue weighted by Crippen LogP contribution is 2.32. The fraction of sp³-hybridized carbons (Fsp3) is 0.273. The Kier molecular flexibility index (Phi) is 3.26. The molecule has 2 amide bonds. The molecule has 1 heterocycles. The zero-order valence-electron chi connectivity index (χ0n) is 8.82. The smallest absolute Gasteiger partial charge is 0.227 e. The van der Waals surface area contributed by atoms with Crippen molar-refractivity contribution in [2.24, 2.45) is 11.7 Å². The second-order valence-corrected chi connectivity index (χ2v) is 4.75. The summed E-state index contributed by atoms with van der Waals surface area (Å²) in [5.74, 6) is -1.07. The lowest BCUT2D eigenvalue weighted by molar-refractivity contribution is -0.123. The first kappa shape index (κ1) is 12.2. The van der Waals surface area contributed by atoms with Gasteiger partial charge in [-0.3, -0.25) is 9.59 Å². The SMILES string of the molecule is NC(=O)C1CC(=O)N(c2ccc(Cl)cc2Cl)C1. The van der Waals surface area contributed by atoms with Crippen molar-refractivity contribution in [2.75, 3.05) is 11.4 Å². The number of nitrogens with two attached hydrogens (primary N) is 1. The molecule has 0 aromatic heterocycles. The summed E-state index contributed by atoms with van der Waals surface area (Å²) in [4.78, 5) is 24.3. The van der Waals surface area contributed by atoms with Crippen LogP contribution in [0.1, 0.15) is 6.42 Å². The number of anilines is 1. The lowest BCUT2D eigenvalue weighted by Crippen LogP contribution is -2.28. The van der Waals surface area contributed by atoms with Gasteiger partial charge < -0.3 is 10.6 Å². The van der Waals surface area contributed by atoms with Crippen LogP contribution in [0.2, 0.25) is 10.0 Å². The van der Waals surface area contributed by atoms with Crippen molar-refractivity contribution in [3.05, 3.63) is 28.2 Å². The molecule has 1 unspecified atom stereocenters. The van der Waals surface area contributed by atoms with Gasteiger partial charge in [-0.05, 0) is 18.2 Å². The predicted octanol–water partition coefficient (Wildman–Crippen LogP) is 1.83. The quantitative estimate of drug-likeness (QED) is 0.893. The van der Waals surface area contributed by atoms with Gasteiger partial charge in [0.15, 0.2) is 0 Å². The molecule has 17 heavy (non-hydrogen) atoms. The van der Waals surface area contributed by atoms with Gasteiger partial charge in [-0.25, -0.2) is 0 Å². The van der Waals surface area contributed by atoms with Gasteiger partial charge in [0.05, 0.1) is 16.6 Å². The van der Waals surface area contributed by atoms with Crippen LogP contribution in [0.3, 0.4) is 0 Å². The molecular formula is C11H10Cl2N2O2. The molecule has 0 spiro atoms. The second-order valence-electron chi connectivity index (χ2n) is 3.90. The zero-order valence-corrected chi connectivity index (χ0v) is 10.3. The van der Waals surface area contributed by atoms with Crippen LogP contribution in [-0.2, 0) is 9.59 Å². The summed E-state index contributed by atoms with van der Waals surface area (Å²) in [6.45, 7) is 0.273. The Balaban J connectivity index is 2.29. The first-order valence-corrected chi connectivity index (χ1v) is 5.79. The number of rotatable bonds is 2. The lowest BCUT2D eigenvalue weighted by Gasteiger charge is -2.17. The summed E-state index contributed by atoms with van der Waals surface area (Å²) in [6.07, 6.45) is 0.133. The Labute approximate surface area is 108 Å². The highest BCUT2D eigenvalue weighted by Gasteiger charge is 2.34. The fourth-order valence-electron chi connectivity index (χ4n) is 1.83. The molecule has 1 saturated heterocycles. The number of halogens is 2. The van der Waals surface area contributed by atoms with E-state index < -0.39 is 11.8 Å². The maximum absolute atomic E-state index is 11.8. The molecule has 90 valence electrons. The van der Waals surface area contributed by atoms with E-state index in [-0.39, 0.29) is 18.9 Å². The molecule has 1 aromatic carbocycles. The highest BCUT2D eigenvalue weighted by atomic mass is 35.5. The van der Waals surface area contributed by atoms with Gasteiger partial charge in [-0.2, -0.15) is 0 Å². The Morgan fingerprint density at radius 2 is 2.12 bits per heavy atom. The fourth-order valence-corrected chi connectivity index (χ4v) is 2.34. The van der Waals surface area contributed by atoms with E-state index in [1.165, 1.54) is 4.90 Å². The van der Waals surface area contributed by atoms with E-state index in [0.717, 1.165) is 0 Å². The molecule has 1 aromatic rings. The number of carbonyl (C=O) groups is 2. The van der Waals surface area contributed by atoms with Crippen molar-refractivity contribution in [1.82, 2.24) is 0 Å². The van der Waals surface area contributed by atoms with E-state index in [1.807, 2.05) is 0 Å². The van der Waals surface area contributed by atoms with E-state index in [2.05, 4.69) is 0 Å². The van der Waals surface area contributed by atoms with E-state index in [4.69, 9.17) is 28.9 Å². The molecule has 1 aliphatic rings. The minimum Gasteiger partial charge on any atom is -0.369 e. The molecule has 0 saturated carbocycles. The lowest BCUT2D eigenvalue weighted by atomic mass is 10.1. The van der Waals surface area contributed by atoms with Crippen molar-refractivity contribution in [1.29, 1.82) is 0 Å². The number of carbonyl (C=O) groups excluding carboxylic acids is 2. The Hall–Kier alpha value is -1.26. The van der Waals surface area contributed by atoms with Crippen molar-refractivity contribution in [3.63, 3.8) is 0 Å². The Bertz CT molecular complexity index is 490. The normalized spacial score (nSPS) is 19.8. The van der Waals surface area contributed by atoms with Crippen LogP contribution in [0, 0.1) is 5.92 Å². The molecule has 0 radical (unpaired) electrons. The summed E-state index contributed by atoms with van der Waals surface area (Å²) < 4.78 is 0. The third-order valence-corrected chi connectivity index (χ3v) is 3.27. The molecule has 1 aliphatic heterocycles. The maximum Gasteiger partial charge on any atom is 0.227 e. The van der Waals surface area contributed by atoms with E-state index in [1.54, 1.807) is 18.2 Å². The van der Waals surface area contributed by atoms with Gasteiger partial charge in [0.2, 0.25) is 11.8 Å². The van der Waals surface area contributed by atoms with Crippen molar-refractivity contribution in [2.45, 2.75) is 6.42 Å². The standard InChI is InChI=1S/C11H10Cl2N2O2/c12-7-1-2-9(8(13)4-7)15-5-6(11(14)17)3-10(15)16/h1-2,4,6H,3,5H2,(H2,14,17). The number of primary amides is 1. The number of hydrogen-bond donors (Lipinski definition) is 1. The third-order valence-electron chi connectivity index (χ3n) is 2.73. The second kappa shape index (κ2) is 4.55. The Morgan fingerprint density at radius 1 is 1.41 bits per heavy atom. The molecular weight excluding hydrogens is 263 g/mol. The predicted molar refractivity (Wildman–Crippen MR) is 66.1 cm³/mol. The van der Waals surface area contributed by atoms with E-state index in [0.29, 0.717) is 15.7 Å². The van der Waals surface area contributed by atoms with E-state index in [9.17, 15) is 9.59 Å². The summed E-state index contributed by atoms with van der Waals surface area (Å²) in [7, 11) is 0. The molecule has 0 bridgehead atoms. The number of amides is 2. The van der Waals surface area contributed by atoms with Crippen LogP contribution in [0.4, 0.5) is 5.69 Å². The minimum absolute atomic E-state index is 0.133. The van der Waals surface area contributed by atoms with Crippen LogP contribution in [0.25, 0.3) is 0 Å². The summed E-state index contributed by atoms with van der Waals surface area (Å²) >= 11 is 11.8. The summed E-state index contributed by atoms with van der Waals surface area (Å²) in [5, 5.41) is 0.882. The number of benzene rings is 1. The van der Waals surface area contributed by atoms with Crippen LogP contribution in [0.5, 0.6) is 0 Å². The first-order chi connectivity index (χ1) is 7.99.